The molecule has 2 heterocycles. The number of aromatic nitrogens is 3. The van der Waals surface area contributed by atoms with Gasteiger partial charge in [0, 0.05) is 18.0 Å². The quantitative estimate of drug-likeness (QED) is 0.754. The molecule has 0 aliphatic carbocycles. The van der Waals surface area contributed by atoms with Crippen LogP contribution in [0.2, 0.25) is 0 Å². The van der Waals surface area contributed by atoms with Crippen molar-refractivity contribution in [3.05, 3.63) is 42.4 Å². The van der Waals surface area contributed by atoms with Crippen LogP contribution in [0.25, 0.3) is 11.0 Å². The van der Waals surface area contributed by atoms with Crippen LogP contribution in [0.5, 0.6) is 5.75 Å². The number of hydrogen-bond donors (Lipinski definition) is 2. The first-order valence-electron chi connectivity index (χ1n) is 5.99. The summed E-state index contributed by atoms with van der Waals surface area (Å²) in [4.78, 5) is 11.9. The Morgan fingerprint density at radius 2 is 2.11 bits per heavy atom. The Balaban J connectivity index is 2.02. The molecule has 3 aromatic rings. The van der Waals surface area contributed by atoms with Gasteiger partial charge in [0.2, 0.25) is 0 Å². The van der Waals surface area contributed by atoms with Crippen LogP contribution in [0.1, 0.15) is 5.82 Å². The fraction of sp³-hybridized carbons (Fsp3) is 0.143. The number of H-pyrrole nitrogens is 1. The van der Waals surface area contributed by atoms with Gasteiger partial charge in [-0.2, -0.15) is 0 Å². The lowest BCUT2D eigenvalue weighted by Gasteiger charge is -2.08. The van der Waals surface area contributed by atoms with Crippen molar-refractivity contribution in [2.45, 2.75) is 6.92 Å². The number of fused-ring (bicyclic) bond motifs is 1. The number of aromatic amines is 1. The Hall–Kier alpha value is -2.56. The minimum Gasteiger partial charge on any atom is -0.497 e. The average molecular weight is 254 g/mol. The molecule has 0 atom stereocenters. The summed E-state index contributed by atoms with van der Waals surface area (Å²) < 4.78 is 5.21. The van der Waals surface area contributed by atoms with Gasteiger partial charge in [0.1, 0.15) is 23.0 Å². The van der Waals surface area contributed by atoms with E-state index in [1.807, 2.05) is 43.5 Å². The van der Waals surface area contributed by atoms with E-state index in [-0.39, 0.29) is 0 Å². The molecule has 0 spiro atoms. The maximum atomic E-state index is 5.21. The molecule has 5 nitrogen and oxygen atoms in total. The molecule has 0 saturated carbocycles. The number of nitrogens with one attached hydrogen (secondary N) is 2. The minimum absolute atomic E-state index is 0.723. The fourth-order valence-electron chi connectivity index (χ4n) is 1.99. The Labute approximate surface area is 110 Å². The monoisotopic (exact) mass is 254 g/mol. The minimum atomic E-state index is 0.723. The van der Waals surface area contributed by atoms with Gasteiger partial charge in [-0.3, -0.25) is 0 Å². The maximum absolute atomic E-state index is 5.21. The predicted molar refractivity (Wildman–Crippen MR) is 74.9 cm³/mol. The van der Waals surface area contributed by atoms with Gasteiger partial charge in [-0.25, -0.2) is 9.97 Å². The summed E-state index contributed by atoms with van der Waals surface area (Å²) in [6, 6.07) is 9.69. The third-order valence-corrected chi connectivity index (χ3v) is 2.86. The number of benzene rings is 1. The molecule has 96 valence electrons. The summed E-state index contributed by atoms with van der Waals surface area (Å²) in [5.41, 5.74) is 1.76. The highest BCUT2D eigenvalue weighted by molar-refractivity contribution is 5.89. The predicted octanol–water partition coefficient (Wildman–Crippen LogP) is 3.02. The Kier molecular flexibility index (Phi) is 2.79. The number of aryl methyl sites for hydroxylation is 1. The second-order valence-electron chi connectivity index (χ2n) is 4.22. The summed E-state index contributed by atoms with van der Waals surface area (Å²) in [5.74, 6) is 2.32. The highest BCUT2D eigenvalue weighted by atomic mass is 16.5. The number of hydrogen-bond acceptors (Lipinski definition) is 4. The zero-order valence-electron chi connectivity index (χ0n) is 10.8. The number of methoxy groups -OCH3 is 1. The van der Waals surface area contributed by atoms with E-state index in [0.717, 1.165) is 34.1 Å². The molecule has 0 aliphatic heterocycles. The summed E-state index contributed by atoms with van der Waals surface area (Å²) in [6.45, 7) is 1.87. The van der Waals surface area contributed by atoms with Gasteiger partial charge < -0.3 is 15.0 Å². The van der Waals surface area contributed by atoms with E-state index >= 15 is 0 Å². The van der Waals surface area contributed by atoms with Crippen LogP contribution in [0.15, 0.2) is 36.5 Å². The fourth-order valence-corrected chi connectivity index (χ4v) is 1.99. The second-order valence-corrected chi connectivity index (χ2v) is 4.22. The Morgan fingerprint density at radius 3 is 2.95 bits per heavy atom. The second kappa shape index (κ2) is 4.61. The SMILES string of the molecule is COc1cccc(Nc2nc(C)nc3[nH]ccc23)c1. The molecular weight excluding hydrogens is 240 g/mol. The molecule has 0 saturated heterocycles. The van der Waals surface area contributed by atoms with Crippen molar-refractivity contribution < 1.29 is 4.74 Å². The molecule has 0 unspecified atom stereocenters. The number of nitrogens with zero attached hydrogens (tertiary/aromatic N) is 2. The lowest BCUT2D eigenvalue weighted by atomic mass is 10.3. The Morgan fingerprint density at radius 1 is 1.21 bits per heavy atom. The van der Waals surface area contributed by atoms with Crippen molar-refractivity contribution in [3.8, 4) is 5.75 Å². The number of anilines is 2. The van der Waals surface area contributed by atoms with Gasteiger partial charge in [0.25, 0.3) is 0 Å². The van der Waals surface area contributed by atoms with Gasteiger partial charge in [0.15, 0.2) is 0 Å². The normalized spacial score (nSPS) is 10.6. The first-order valence-corrected chi connectivity index (χ1v) is 5.99. The molecule has 5 heteroatoms. The summed E-state index contributed by atoms with van der Waals surface area (Å²) in [6.07, 6.45) is 1.86. The third kappa shape index (κ3) is 2.22. The highest BCUT2D eigenvalue weighted by Crippen LogP contribution is 2.25. The molecule has 0 radical (unpaired) electrons. The van der Waals surface area contributed by atoms with Gasteiger partial charge in [0.05, 0.1) is 12.5 Å². The van der Waals surface area contributed by atoms with Crippen LogP contribution in [0.3, 0.4) is 0 Å². The van der Waals surface area contributed by atoms with Crippen LogP contribution in [-0.2, 0) is 0 Å². The molecular formula is C14H14N4O. The Bertz CT molecular complexity index is 720. The third-order valence-electron chi connectivity index (χ3n) is 2.86. The molecule has 2 N–H and O–H groups in total. The van der Waals surface area contributed by atoms with Crippen molar-refractivity contribution in [1.82, 2.24) is 15.0 Å². The van der Waals surface area contributed by atoms with Crippen LogP contribution < -0.4 is 10.1 Å². The van der Waals surface area contributed by atoms with Crippen LogP contribution in [-0.4, -0.2) is 22.1 Å². The molecule has 2 aromatic heterocycles. The van der Waals surface area contributed by atoms with Crippen LogP contribution in [0, 0.1) is 6.92 Å². The van der Waals surface area contributed by atoms with Crippen molar-refractivity contribution in [2.75, 3.05) is 12.4 Å². The van der Waals surface area contributed by atoms with E-state index in [9.17, 15) is 0 Å². The van der Waals surface area contributed by atoms with E-state index < -0.39 is 0 Å². The average Bonchev–Trinajstić information content (AvgIpc) is 2.87. The van der Waals surface area contributed by atoms with Crippen molar-refractivity contribution >= 4 is 22.5 Å². The van der Waals surface area contributed by atoms with Crippen molar-refractivity contribution in [3.63, 3.8) is 0 Å². The number of rotatable bonds is 3. The van der Waals surface area contributed by atoms with E-state index in [1.165, 1.54) is 0 Å². The van der Waals surface area contributed by atoms with Gasteiger partial charge in [-0.15, -0.1) is 0 Å². The molecule has 0 fully saturated rings. The lowest BCUT2D eigenvalue weighted by Crippen LogP contribution is -1.98. The van der Waals surface area contributed by atoms with E-state index in [2.05, 4.69) is 20.3 Å². The first kappa shape index (κ1) is 11.5. The topological polar surface area (TPSA) is 62.8 Å². The zero-order valence-corrected chi connectivity index (χ0v) is 10.8. The molecule has 0 aliphatic rings. The maximum Gasteiger partial charge on any atom is 0.143 e. The molecule has 19 heavy (non-hydrogen) atoms. The van der Waals surface area contributed by atoms with Crippen LogP contribution in [0.4, 0.5) is 11.5 Å². The summed E-state index contributed by atoms with van der Waals surface area (Å²) >= 11 is 0. The van der Waals surface area contributed by atoms with E-state index in [4.69, 9.17) is 4.74 Å². The molecule has 0 bridgehead atoms. The van der Waals surface area contributed by atoms with E-state index in [1.54, 1.807) is 7.11 Å². The first-order chi connectivity index (χ1) is 9.26. The van der Waals surface area contributed by atoms with Gasteiger partial charge in [-0.05, 0) is 25.1 Å². The van der Waals surface area contributed by atoms with Gasteiger partial charge in [-0.1, -0.05) is 6.07 Å². The largest absolute Gasteiger partial charge is 0.497 e. The molecule has 1 aromatic carbocycles. The van der Waals surface area contributed by atoms with E-state index in [0.29, 0.717) is 0 Å². The summed E-state index contributed by atoms with van der Waals surface area (Å²) in [5, 5.41) is 4.26. The van der Waals surface area contributed by atoms with Crippen molar-refractivity contribution in [1.29, 1.82) is 0 Å². The molecule has 3 rings (SSSR count). The highest BCUT2D eigenvalue weighted by Gasteiger charge is 2.07. The summed E-state index contributed by atoms with van der Waals surface area (Å²) in [7, 11) is 1.65. The zero-order chi connectivity index (χ0) is 13.2. The van der Waals surface area contributed by atoms with Crippen molar-refractivity contribution in [2.24, 2.45) is 0 Å². The number of ether oxygens (including phenoxy) is 1. The van der Waals surface area contributed by atoms with Crippen LogP contribution >= 0.6 is 0 Å². The lowest BCUT2D eigenvalue weighted by molar-refractivity contribution is 0.415. The molecule has 0 amide bonds. The smallest absolute Gasteiger partial charge is 0.143 e. The standard InChI is InChI=1S/C14H14N4O/c1-9-16-13-12(6-7-15-13)14(17-9)18-10-4-3-5-11(8-10)19-2/h3-8H,1-2H3,(H2,15,16,17,18). The van der Waals surface area contributed by atoms with Gasteiger partial charge >= 0.3 is 0 Å².